The largest absolute Gasteiger partial charge is 0.392 e. The molecule has 0 saturated carbocycles. The lowest BCUT2D eigenvalue weighted by Gasteiger charge is -2.34. The summed E-state index contributed by atoms with van der Waals surface area (Å²) in [5, 5.41) is 9.47. The van der Waals surface area contributed by atoms with Crippen LogP contribution in [0.3, 0.4) is 0 Å². The number of benzene rings is 1. The fraction of sp³-hybridized carbons (Fsp3) is 0.632. The Hall–Kier alpha value is -1.43. The van der Waals surface area contributed by atoms with E-state index < -0.39 is 6.04 Å². The van der Waals surface area contributed by atoms with Gasteiger partial charge < -0.3 is 20.6 Å². The molecule has 134 valence electrons. The van der Waals surface area contributed by atoms with Gasteiger partial charge in [0.05, 0.1) is 6.10 Å². The standard InChI is InChI=1S/C19H31N3O2/c1-14-4-6-17(7-5-14)18(20)19(24)21(3)13-16-8-10-22(11-9-16)12-15(2)23/h4-7,15-16,18,23H,8-13,20H2,1-3H3. The highest BCUT2D eigenvalue weighted by molar-refractivity contribution is 5.82. The topological polar surface area (TPSA) is 69.8 Å². The maximum atomic E-state index is 12.6. The molecule has 3 N–H and O–H groups in total. The van der Waals surface area contributed by atoms with Crippen molar-refractivity contribution in [3.8, 4) is 0 Å². The van der Waals surface area contributed by atoms with E-state index in [9.17, 15) is 9.90 Å². The molecule has 1 aromatic rings. The van der Waals surface area contributed by atoms with Gasteiger partial charge in [-0.3, -0.25) is 4.79 Å². The van der Waals surface area contributed by atoms with Gasteiger partial charge in [0, 0.05) is 20.1 Å². The minimum atomic E-state index is -0.592. The number of aliphatic hydroxyl groups excluding tert-OH is 1. The molecular weight excluding hydrogens is 302 g/mol. The van der Waals surface area contributed by atoms with Crippen molar-refractivity contribution in [2.24, 2.45) is 11.7 Å². The molecule has 1 aliphatic rings. The Morgan fingerprint density at radius 1 is 1.33 bits per heavy atom. The summed E-state index contributed by atoms with van der Waals surface area (Å²) in [7, 11) is 1.85. The molecule has 0 aromatic heterocycles. The van der Waals surface area contributed by atoms with Crippen LogP contribution in [0.5, 0.6) is 0 Å². The van der Waals surface area contributed by atoms with Crippen molar-refractivity contribution >= 4 is 5.91 Å². The van der Waals surface area contributed by atoms with Gasteiger partial charge in [-0.05, 0) is 51.3 Å². The number of amides is 1. The minimum absolute atomic E-state index is 0.0229. The fourth-order valence-corrected chi connectivity index (χ4v) is 3.36. The number of likely N-dealkylation sites (tertiary alicyclic amines) is 1. The van der Waals surface area contributed by atoms with Crippen molar-refractivity contribution in [2.75, 3.05) is 33.2 Å². The first-order valence-electron chi connectivity index (χ1n) is 8.84. The van der Waals surface area contributed by atoms with Gasteiger partial charge in [0.1, 0.15) is 6.04 Å². The molecule has 24 heavy (non-hydrogen) atoms. The van der Waals surface area contributed by atoms with Gasteiger partial charge in [-0.15, -0.1) is 0 Å². The van der Waals surface area contributed by atoms with Crippen LogP contribution in [0.4, 0.5) is 0 Å². The Morgan fingerprint density at radius 3 is 2.46 bits per heavy atom. The third-order valence-electron chi connectivity index (χ3n) is 4.84. The summed E-state index contributed by atoms with van der Waals surface area (Å²) in [5.41, 5.74) is 8.17. The average Bonchev–Trinajstić information content (AvgIpc) is 2.55. The van der Waals surface area contributed by atoms with Gasteiger partial charge in [-0.1, -0.05) is 29.8 Å². The third kappa shape index (κ3) is 5.30. The predicted molar refractivity (Wildman–Crippen MR) is 96.6 cm³/mol. The lowest BCUT2D eigenvalue weighted by atomic mass is 9.95. The third-order valence-corrected chi connectivity index (χ3v) is 4.84. The fourth-order valence-electron chi connectivity index (χ4n) is 3.36. The highest BCUT2D eigenvalue weighted by Gasteiger charge is 2.25. The molecule has 0 spiro atoms. The monoisotopic (exact) mass is 333 g/mol. The smallest absolute Gasteiger partial charge is 0.243 e. The number of aryl methyl sites for hydroxylation is 1. The Kier molecular flexibility index (Phi) is 6.78. The molecule has 1 aliphatic heterocycles. The number of hydrogen-bond donors (Lipinski definition) is 2. The van der Waals surface area contributed by atoms with Crippen molar-refractivity contribution in [3.05, 3.63) is 35.4 Å². The Labute approximate surface area is 145 Å². The molecular formula is C19H31N3O2. The number of β-amino-alcohol motifs (C(OH)–C–C–N with tert-alkyl or cyclic N) is 1. The van der Waals surface area contributed by atoms with E-state index in [4.69, 9.17) is 5.73 Å². The Morgan fingerprint density at radius 2 is 1.92 bits per heavy atom. The van der Waals surface area contributed by atoms with E-state index in [1.165, 1.54) is 0 Å². The molecule has 1 fully saturated rings. The first-order valence-corrected chi connectivity index (χ1v) is 8.84. The highest BCUT2D eigenvalue weighted by atomic mass is 16.3. The second-order valence-corrected chi connectivity index (χ2v) is 7.20. The number of nitrogens with two attached hydrogens (primary N) is 1. The highest BCUT2D eigenvalue weighted by Crippen LogP contribution is 2.20. The molecule has 5 heteroatoms. The summed E-state index contributed by atoms with van der Waals surface area (Å²) in [6.45, 7) is 7.31. The number of piperidine rings is 1. The molecule has 1 aromatic carbocycles. The Balaban J connectivity index is 1.82. The molecule has 2 unspecified atom stereocenters. The lowest BCUT2D eigenvalue weighted by molar-refractivity contribution is -0.132. The van der Waals surface area contributed by atoms with Gasteiger partial charge in [0.15, 0.2) is 0 Å². The molecule has 1 heterocycles. The molecule has 0 bridgehead atoms. The summed E-state index contributed by atoms with van der Waals surface area (Å²) >= 11 is 0. The number of aliphatic hydroxyl groups is 1. The first kappa shape index (κ1) is 18.9. The van der Waals surface area contributed by atoms with Crippen LogP contribution in [-0.2, 0) is 4.79 Å². The maximum absolute atomic E-state index is 12.6. The number of carbonyl (C=O) groups excluding carboxylic acids is 1. The van der Waals surface area contributed by atoms with Crippen LogP contribution in [-0.4, -0.2) is 60.1 Å². The summed E-state index contributed by atoms with van der Waals surface area (Å²) in [6, 6.07) is 7.24. The lowest BCUT2D eigenvalue weighted by Crippen LogP contribution is -2.43. The van der Waals surface area contributed by atoms with Crippen LogP contribution in [0, 0.1) is 12.8 Å². The number of carbonyl (C=O) groups is 1. The number of nitrogens with zero attached hydrogens (tertiary/aromatic N) is 2. The van der Waals surface area contributed by atoms with Crippen molar-refractivity contribution in [1.29, 1.82) is 0 Å². The summed E-state index contributed by atoms with van der Waals surface area (Å²) in [6.07, 6.45) is 1.84. The molecule has 0 aliphatic carbocycles. The van der Waals surface area contributed by atoms with Gasteiger partial charge in [-0.2, -0.15) is 0 Å². The summed E-state index contributed by atoms with van der Waals surface area (Å²) in [4.78, 5) is 16.6. The number of rotatable bonds is 6. The van der Waals surface area contributed by atoms with Gasteiger partial charge in [0.25, 0.3) is 0 Å². The van der Waals surface area contributed by atoms with E-state index in [2.05, 4.69) is 4.90 Å². The van der Waals surface area contributed by atoms with Gasteiger partial charge >= 0.3 is 0 Å². The van der Waals surface area contributed by atoms with Crippen LogP contribution < -0.4 is 5.73 Å². The van der Waals surface area contributed by atoms with E-state index in [-0.39, 0.29) is 12.0 Å². The molecule has 2 atom stereocenters. The normalized spacial score (nSPS) is 19.0. The number of likely N-dealkylation sites (N-methyl/N-ethyl adjacent to an activating group) is 1. The van der Waals surface area contributed by atoms with Gasteiger partial charge in [0.2, 0.25) is 5.91 Å². The van der Waals surface area contributed by atoms with Gasteiger partial charge in [-0.25, -0.2) is 0 Å². The van der Waals surface area contributed by atoms with E-state index in [0.29, 0.717) is 5.92 Å². The second-order valence-electron chi connectivity index (χ2n) is 7.20. The van der Waals surface area contributed by atoms with Crippen LogP contribution >= 0.6 is 0 Å². The molecule has 2 rings (SSSR count). The van der Waals surface area contributed by atoms with E-state index in [1.54, 1.807) is 4.90 Å². The first-order chi connectivity index (χ1) is 11.4. The van der Waals surface area contributed by atoms with E-state index >= 15 is 0 Å². The van der Waals surface area contributed by atoms with Crippen LogP contribution in [0.15, 0.2) is 24.3 Å². The van der Waals surface area contributed by atoms with Crippen molar-refractivity contribution in [1.82, 2.24) is 9.80 Å². The molecule has 1 amide bonds. The maximum Gasteiger partial charge on any atom is 0.243 e. The van der Waals surface area contributed by atoms with Crippen molar-refractivity contribution in [2.45, 2.75) is 38.8 Å². The zero-order chi connectivity index (χ0) is 17.7. The van der Waals surface area contributed by atoms with Crippen molar-refractivity contribution < 1.29 is 9.90 Å². The van der Waals surface area contributed by atoms with Crippen LogP contribution in [0.2, 0.25) is 0 Å². The Bertz CT molecular complexity index is 522. The molecule has 5 nitrogen and oxygen atoms in total. The zero-order valence-corrected chi connectivity index (χ0v) is 15.1. The van der Waals surface area contributed by atoms with E-state index in [0.717, 1.165) is 50.1 Å². The van der Waals surface area contributed by atoms with Crippen LogP contribution in [0.25, 0.3) is 0 Å². The number of hydrogen-bond acceptors (Lipinski definition) is 4. The van der Waals surface area contributed by atoms with Crippen molar-refractivity contribution in [3.63, 3.8) is 0 Å². The van der Waals surface area contributed by atoms with E-state index in [1.807, 2.05) is 45.2 Å². The zero-order valence-electron chi connectivity index (χ0n) is 15.1. The average molecular weight is 333 g/mol. The SMILES string of the molecule is Cc1ccc(C(N)C(=O)N(C)CC2CCN(CC(C)O)CC2)cc1. The summed E-state index contributed by atoms with van der Waals surface area (Å²) < 4.78 is 0. The molecule has 1 saturated heterocycles. The quantitative estimate of drug-likeness (QED) is 0.829. The summed E-state index contributed by atoms with van der Waals surface area (Å²) in [5.74, 6) is 0.486. The van der Waals surface area contributed by atoms with Crippen LogP contribution in [0.1, 0.15) is 36.9 Å². The second kappa shape index (κ2) is 8.60. The minimum Gasteiger partial charge on any atom is -0.392 e. The molecule has 0 radical (unpaired) electrons. The predicted octanol–water partition coefficient (Wildman–Crippen LogP) is 1.55.